The second-order valence-electron chi connectivity index (χ2n) is 3.82. The molecule has 1 aromatic carbocycles. The van der Waals surface area contributed by atoms with Gasteiger partial charge in [0.15, 0.2) is 6.29 Å². The van der Waals surface area contributed by atoms with Gasteiger partial charge >= 0.3 is 0 Å². The molecule has 18 heavy (non-hydrogen) atoms. The Bertz CT molecular complexity index is 521. The summed E-state index contributed by atoms with van der Waals surface area (Å²) in [7, 11) is 1.79. The second-order valence-corrected chi connectivity index (χ2v) is 3.82. The molecule has 0 saturated heterocycles. The first-order valence-electron chi connectivity index (χ1n) is 5.48. The lowest BCUT2D eigenvalue weighted by atomic mass is 10.2. The Morgan fingerprint density at radius 1 is 1.44 bits per heavy atom. The molecule has 2 rings (SSSR count). The topological polar surface area (TPSA) is 81.1 Å². The van der Waals surface area contributed by atoms with Crippen LogP contribution < -0.4 is 5.73 Å². The van der Waals surface area contributed by atoms with Crippen LogP contribution in [0.2, 0.25) is 0 Å². The van der Waals surface area contributed by atoms with Crippen LogP contribution in [0.4, 0.5) is 5.69 Å². The van der Waals surface area contributed by atoms with Gasteiger partial charge in [-0.05, 0) is 13.0 Å². The van der Waals surface area contributed by atoms with Crippen LogP contribution in [0, 0.1) is 6.92 Å². The van der Waals surface area contributed by atoms with E-state index in [9.17, 15) is 4.79 Å². The maximum atomic E-state index is 10.2. The number of carbonyl (C=O) groups is 1. The Morgan fingerprint density at radius 2 is 2.11 bits per heavy atom. The minimum Gasteiger partial charge on any atom is -0.398 e. The summed E-state index contributed by atoms with van der Waals surface area (Å²) in [6.45, 7) is 1.83. The van der Waals surface area contributed by atoms with E-state index in [0.29, 0.717) is 11.3 Å². The van der Waals surface area contributed by atoms with Crippen LogP contribution in [0.3, 0.4) is 0 Å². The molecule has 3 N–H and O–H groups in total. The van der Waals surface area contributed by atoms with Gasteiger partial charge in [0.2, 0.25) is 0 Å². The zero-order valence-electron chi connectivity index (χ0n) is 10.5. The lowest BCUT2D eigenvalue weighted by molar-refractivity contribution is 0.112. The summed E-state index contributed by atoms with van der Waals surface area (Å²) >= 11 is 0. The molecule has 2 aromatic rings. The predicted octanol–water partition coefficient (Wildman–Crippen LogP) is 1.30. The number of carbonyl (C=O) groups excluding carboxylic acids is 1. The highest BCUT2D eigenvalue weighted by Crippen LogP contribution is 2.08. The number of nitrogens with two attached hydrogens (primary N) is 1. The van der Waals surface area contributed by atoms with Crippen molar-refractivity contribution in [3.05, 3.63) is 47.3 Å². The molecular weight excluding hydrogens is 230 g/mol. The second kappa shape index (κ2) is 6.56. The number of aryl methyl sites for hydroxylation is 2. The summed E-state index contributed by atoms with van der Waals surface area (Å²) in [5, 5.41) is 12.6. The summed E-state index contributed by atoms with van der Waals surface area (Å²) in [6.07, 6.45) is 2.50. The smallest absolute Gasteiger partial charge is 0.153 e. The largest absolute Gasteiger partial charge is 0.398 e. The van der Waals surface area contributed by atoms with Crippen LogP contribution in [0.15, 0.2) is 30.5 Å². The Morgan fingerprint density at radius 3 is 2.44 bits per heavy atom. The molecule has 0 fully saturated rings. The number of nitrogen functional groups attached to an aromatic ring is 1. The fraction of sp³-hybridized carbons (Fsp3) is 0.231. The van der Waals surface area contributed by atoms with Gasteiger partial charge in [0.05, 0.1) is 17.9 Å². The van der Waals surface area contributed by atoms with Gasteiger partial charge in [-0.15, -0.1) is 0 Å². The number of hydrogen-bond donors (Lipinski definition) is 2. The first-order valence-corrected chi connectivity index (χ1v) is 5.48. The van der Waals surface area contributed by atoms with Gasteiger partial charge in [-0.2, -0.15) is 5.10 Å². The van der Waals surface area contributed by atoms with Gasteiger partial charge in [-0.25, -0.2) is 0 Å². The van der Waals surface area contributed by atoms with Crippen molar-refractivity contribution in [3.63, 3.8) is 0 Å². The molecule has 0 unspecified atom stereocenters. The zero-order valence-corrected chi connectivity index (χ0v) is 10.5. The summed E-state index contributed by atoms with van der Waals surface area (Å²) in [4.78, 5) is 10.2. The number of para-hydroxylation sites is 1. The molecule has 0 atom stereocenters. The highest BCUT2D eigenvalue weighted by molar-refractivity contribution is 5.75. The fourth-order valence-corrected chi connectivity index (χ4v) is 1.41. The highest BCUT2D eigenvalue weighted by atomic mass is 16.3. The van der Waals surface area contributed by atoms with Crippen molar-refractivity contribution in [2.75, 3.05) is 5.73 Å². The maximum absolute atomic E-state index is 10.2. The monoisotopic (exact) mass is 247 g/mol. The van der Waals surface area contributed by atoms with Crippen molar-refractivity contribution in [2.45, 2.75) is 13.5 Å². The first kappa shape index (κ1) is 13.9. The lowest BCUT2D eigenvalue weighted by Gasteiger charge is -1.97. The standard InChI is InChI=1S/C7H9NO.C6H8N2O/c8-7-4-2-1-3-6(7)5-9;1-5-6(4-9)3-8(2)7-5/h1-4,9H,5,8H2;3-4H,1-2H3. The van der Waals surface area contributed by atoms with Crippen molar-refractivity contribution in [1.29, 1.82) is 0 Å². The SMILES string of the molecule is Cc1nn(C)cc1C=O.Nc1ccccc1CO. The van der Waals surface area contributed by atoms with Crippen LogP contribution in [0.25, 0.3) is 0 Å². The van der Waals surface area contributed by atoms with Crippen LogP contribution >= 0.6 is 0 Å². The van der Waals surface area contributed by atoms with Crippen molar-refractivity contribution in [3.8, 4) is 0 Å². The molecule has 5 nitrogen and oxygen atoms in total. The Hall–Kier alpha value is -2.14. The van der Waals surface area contributed by atoms with Crippen molar-refractivity contribution in [2.24, 2.45) is 7.05 Å². The van der Waals surface area contributed by atoms with Gasteiger partial charge in [0.25, 0.3) is 0 Å². The minimum absolute atomic E-state index is 0.0205. The number of aliphatic hydroxyl groups is 1. The molecule has 0 aliphatic rings. The molecule has 0 aliphatic heterocycles. The van der Waals surface area contributed by atoms with Crippen molar-refractivity contribution in [1.82, 2.24) is 9.78 Å². The number of aromatic nitrogens is 2. The van der Waals surface area contributed by atoms with E-state index in [1.54, 1.807) is 30.1 Å². The van der Waals surface area contributed by atoms with Crippen molar-refractivity contribution < 1.29 is 9.90 Å². The van der Waals surface area contributed by atoms with Crippen LogP contribution in [-0.2, 0) is 13.7 Å². The number of benzene rings is 1. The van der Waals surface area contributed by atoms with E-state index in [2.05, 4.69) is 5.10 Å². The van der Waals surface area contributed by atoms with Crippen molar-refractivity contribution >= 4 is 12.0 Å². The number of aldehydes is 1. The van der Waals surface area contributed by atoms with Crippen LogP contribution in [-0.4, -0.2) is 21.2 Å². The zero-order chi connectivity index (χ0) is 13.5. The van der Waals surface area contributed by atoms with Gasteiger partial charge in [-0.3, -0.25) is 9.48 Å². The number of hydrogen-bond acceptors (Lipinski definition) is 4. The normalized spacial score (nSPS) is 9.50. The average molecular weight is 247 g/mol. The van der Waals surface area contributed by atoms with Gasteiger partial charge in [0, 0.05) is 24.5 Å². The van der Waals surface area contributed by atoms with Gasteiger partial charge in [0.1, 0.15) is 0 Å². The molecule has 0 amide bonds. The summed E-state index contributed by atoms with van der Waals surface area (Å²) in [5.74, 6) is 0. The molecule has 0 bridgehead atoms. The van der Waals surface area contributed by atoms with Crippen LogP contribution in [0.1, 0.15) is 21.6 Å². The molecule has 1 heterocycles. The Balaban J connectivity index is 0.000000180. The van der Waals surface area contributed by atoms with Gasteiger partial charge < -0.3 is 10.8 Å². The van der Waals surface area contributed by atoms with E-state index in [0.717, 1.165) is 17.5 Å². The highest BCUT2D eigenvalue weighted by Gasteiger charge is 1.98. The van der Waals surface area contributed by atoms with Crippen LogP contribution in [0.5, 0.6) is 0 Å². The maximum Gasteiger partial charge on any atom is 0.153 e. The Kier molecular flexibility index (Phi) is 5.07. The number of aliphatic hydroxyl groups excluding tert-OH is 1. The fourth-order valence-electron chi connectivity index (χ4n) is 1.41. The lowest BCUT2D eigenvalue weighted by Crippen LogP contribution is -1.91. The molecule has 1 aromatic heterocycles. The third kappa shape index (κ3) is 3.71. The number of nitrogens with zero attached hydrogens (tertiary/aromatic N) is 2. The van der Waals surface area contributed by atoms with E-state index in [1.165, 1.54) is 0 Å². The molecule has 0 radical (unpaired) electrons. The Labute approximate surface area is 106 Å². The molecule has 0 aliphatic carbocycles. The minimum atomic E-state index is 0.0205. The average Bonchev–Trinajstić information content (AvgIpc) is 2.69. The van der Waals surface area contributed by atoms with E-state index in [-0.39, 0.29) is 6.61 Å². The van der Waals surface area contributed by atoms with Gasteiger partial charge in [-0.1, -0.05) is 18.2 Å². The first-order chi connectivity index (χ1) is 8.58. The molecule has 0 spiro atoms. The van der Waals surface area contributed by atoms with E-state index in [4.69, 9.17) is 10.8 Å². The molecule has 5 heteroatoms. The molecular formula is C13H17N3O2. The summed E-state index contributed by atoms with van der Waals surface area (Å²) in [5.41, 5.74) is 8.36. The van der Waals surface area contributed by atoms with E-state index < -0.39 is 0 Å². The molecule has 96 valence electrons. The summed E-state index contributed by atoms with van der Waals surface area (Å²) < 4.78 is 1.62. The third-order valence-electron chi connectivity index (χ3n) is 2.40. The molecule has 0 saturated carbocycles. The number of anilines is 1. The predicted molar refractivity (Wildman–Crippen MR) is 70.1 cm³/mol. The van der Waals surface area contributed by atoms with E-state index in [1.807, 2.05) is 19.1 Å². The quantitative estimate of drug-likeness (QED) is 0.619. The van der Waals surface area contributed by atoms with E-state index >= 15 is 0 Å². The summed E-state index contributed by atoms with van der Waals surface area (Å²) in [6, 6.07) is 7.26. The number of rotatable bonds is 2. The third-order valence-corrected chi connectivity index (χ3v) is 2.40.